The number of imidazole rings is 1. The van der Waals surface area contributed by atoms with Gasteiger partial charge >= 0.3 is 0 Å². The zero-order chi connectivity index (χ0) is 24.4. The second-order valence-corrected chi connectivity index (χ2v) is 9.51. The van der Waals surface area contributed by atoms with E-state index in [4.69, 9.17) is 14.7 Å². The molecule has 1 atom stereocenters. The zero-order valence-corrected chi connectivity index (χ0v) is 20.3. The van der Waals surface area contributed by atoms with Crippen LogP contribution in [0.25, 0.3) is 16.9 Å². The van der Waals surface area contributed by atoms with Gasteiger partial charge < -0.3 is 20.3 Å². The fraction of sp³-hybridized carbons (Fsp3) is 0.560. The van der Waals surface area contributed by atoms with Crippen LogP contribution in [0.4, 0.5) is 20.5 Å². The first kappa shape index (κ1) is 23.9. The normalized spacial score (nSPS) is 23.2. The molecule has 5 rings (SSSR count). The van der Waals surface area contributed by atoms with Crippen molar-refractivity contribution < 1.29 is 13.5 Å². The number of rotatable bonds is 7. The van der Waals surface area contributed by atoms with Gasteiger partial charge in [0.25, 0.3) is 6.43 Å². The summed E-state index contributed by atoms with van der Waals surface area (Å²) in [6.45, 7) is 4.69. The van der Waals surface area contributed by atoms with Crippen LogP contribution in [0.1, 0.15) is 44.9 Å². The van der Waals surface area contributed by atoms with E-state index >= 15 is 0 Å². The smallest absolute Gasteiger partial charge is 0.296 e. The summed E-state index contributed by atoms with van der Waals surface area (Å²) in [5.74, 6) is 1.75. The summed E-state index contributed by atoms with van der Waals surface area (Å²) in [5.41, 5.74) is 1.11. The first-order valence-electron chi connectivity index (χ1n) is 12.4. The summed E-state index contributed by atoms with van der Waals surface area (Å²) < 4.78 is 35.1. The maximum atomic E-state index is 14.0. The summed E-state index contributed by atoms with van der Waals surface area (Å²) in [6.07, 6.45) is 1.83. The number of nitrogens with zero attached hydrogens (tertiary/aromatic N) is 5. The number of alkyl halides is 2. The number of morpholine rings is 1. The summed E-state index contributed by atoms with van der Waals surface area (Å²) >= 11 is 0. The predicted molar refractivity (Wildman–Crippen MR) is 133 cm³/mol. The van der Waals surface area contributed by atoms with Crippen LogP contribution in [-0.2, 0) is 4.74 Å². The Balaban J connectivity index is 1.51. The van der Waals surface area contributed by atoms with E-state index in [1.54, 1.807) is 24.3 Å². The van der Waals surface area contributed by atoms with Crippen LogP contribution >= 0.6 is 0 Å². The van der Waals surface area contributed by atoms with Crippen molar-refractivity contribution in [3.63, 3.8) is 0 Å². The van der Waals surface area contributed by atoms with Gasteiger partial charge in [-0.3, -0.25) is 4.57 Å². The molecule has 0 bridgehead atoms. The Morgan fingerprint density at radius 3 is 2.60 bits per heavy atom. The van der Waals surface area contributed by atoms with Gasteiger partial charge in [-0.05, 0) is 57.7 Å². The van der Waals surface area contributed by atoms with E-state index in [-0.39, 0.29) is 11.9 Å². The van der Waals surface area contributed by atoms with Crippen LogP contribution in [0.15, 0.2) is 30.3 Å². The Labute approximate surface area is 204 Å². The molecular formula is C25H33F2N7O. The molecule has 0 spiro atoms. The number of hydrogen-bond acceptors (Lipinski definition) is 7. The molecule has 10 heteroatoms. The summed E-state index contributed by atoms with van der Waals surface area (Å²) in [7, 11) is 2.02. The van der Waals surface area contributed by atoms with Gasteiger partial charge in [0.15, 0.2) is 5.82 Å². The van der Waals surface area contributed by atoms with Gasteiger partial charge in [-0.15, -0.1) is 0 Å². The van der Waals surface area contributed by atoms with Crippen LogP contribution in [-0.4, -0.2) is 65.0 Å². The molecule has 2 aromatic heterocycles. The number of halogens is 2. The van der Waals surface area contributed by atoms with Crippen molar-refractivity contribution in [1.82, 2.24) is 24.8 Å². The molecule has 1 saturated carbocycles. The molecule has 1 saturated heterocycles. The molecule has 3 heterocycles. The maximum Gasteiger partial charge on any atom is 0.296 e. The van der Waals surface area contributed by atoms with Gasteiger partial charge in [0.1, 0.15) is 11.6 Å². The first-order valence-corrected chi connectivity index (χ1v) is 12.4. The lowest BCUT2D eigenvalue weighted by molar-refractivity contribution is 0.0985. The summed E-state index contributed by atoms with van der Waals surface area (Å²) in [4.78, 5) is 15.9. The molecule has 3 aromatic rings. The third kappa shape index (κ3) is 5.08. The average Bonchev–Trinajstić information content (AvgIpc) is 3.28. The van der Waals surface area contributed by atoms with E-state index < -0.39 is 6.43 Å². The minimum atomic E-state index is -2.73. The van der Waals surface area contributed by atoms with Crippen LogP contribution in [0.2, 0.25) is 0 Å². The van der Waals surface area contributed by atoms with Crippen molar-refractivity contribution in [3.8, 4) is 5.82 Å². The van der Waals surface area contributed by atoms with Crippen LogP contribution in [0.3, 0.4) is 0 Å². The fourth-order valence-electron chi connectivity index (χ4n) is 5.15. The lowest BCUT2D eigenvalue weighted by Crippen LogP contribution is -2.44. The van der Waals surface area contributed by atoms with Crippen molar-refractivity contribution in [2.75, 3.05) is 43.6 Å². The molecule has 2 fully saturated rings. The van der Waals surface area contributed by atoms with E-state index in [2.05, 4.69) is 27.4 Å². The van der Waals surface area contributed by atoms with Crippen molar-refractivity contribution >= 4 is 22.8 Å². The highest BCUT2D eigenvalue weighted by Crippen LogP contribution is 2.30. The van der Waals surface area contributed by atoms with E-state index in [1.807, 2.05) is 13.1 Å². The molecule has 35 heavy (non-hydrogen) atoms. The molecule has 0 radical (unpaired) electrons. The molecule has 188 valence electrons. The molecule has 0 unspecified atom stereocenters. The first-order chi connectivity index (χ1) is 17.0. The number of ether oxygens (including phenoxy) is 1. The number of aromatic nitrogens is 4. The van der Waals surface area contributed by atoms with Crippen molar-refractivity contribution in [2.24, 2.45) is 5.92 Å². The zero-order valence-electron chi connectivity index (χ0n) is 20.3. The molecular weight excluding hydrogens is 452 g/mol. The Morgan fingerprint density at radius 2 is 1.86 bits per heavy atom. The van der Waals surface area contributed by atoms with E-state index in [0.29, 0.717) is 60.3 Å². The third-order valence-electron chi connectivity index (χ3n) is 7.18. The molecule has 2 N–H and O–H groups in total. The van der Waals surface area contributed by atoms with Gasteiger partial charge in [0.2, 0.25) is 5.95 Å². The monoisotopic (exact) mass is 485 g/mol. The molecule has 1 aromatic carbocycles. The van der Waals surface area contributed by atoms with E-state index in [9.17, 15) is 8.78 Å². The molecule has 0 amide bonds. The van der Waals surface area contributed by atoms with Crippen molar-refractivity contribution in [1.29, 1.82) is 0 Å². The largest absolute Gasteiger partial charge is 0.377 e. The number of para-hydroxylation sites is 2. The van der Waals surface area contributed by atoms with Gasteiger partial charge in [-0.2, -0.15) is 9.97 Å². The summed E-state index contributed by atoms with van der Waals surface area (Å²) in [5, 5.41) is 6.79. The Bertz CT molecular complexity index is 1150. The Kier molecular flexibility index (Phi) is 7.10. The van der Waals surface area contributed by atoms with Crippen LogP contribution in [0, 0.1) is 5.92 Å². The predicted octanol–water partition coefficient (Wildman–Crippen LogP) is 4.17. The average molecular weight is 486 g/mol. The van der Waals surface area contributed by atoms with Crippen LogP contribution < -0.4 is 15.5 Å². The minimum Gasteiger partial charge on any atom is -0.377 e. The van der Waals surface area contributed by atoms with Gasteiger partial charge in [0, 0.05) is 25.2 Å². The van der Waals surface area contributed by atoms with E-state index in [0.717, 1.165) is 32.2 Å². The topological polar surface area (TPSA) is 80.1 Å². The van der Waals surface area contributed by atoms with Crippen molar-refractivity contribution in [2.45, 2.75) is 51.1 Å². The SMILES string of the molecule is CN[C@H]1CC[C@H](CNc2nc(N3CCOC[C@@H]3C)cc(-n3c(C(F)F)nc4ccccc43)n2)CC1. The standard InChI is InChI=1S/C25H33F2N7O/c1-16-15-35-12-11-33(16)21-13-22(34-20-6-4-3-5-19(20)30-24(34)23(26)27)32-25(31-21)29-14-17-7-9-18(28-2)10-8-17/h3-6,13,16-18,23,28H,7-12,14-15H2,1-2H3,(H,29,31,32)/t16-,17-,18-/m0/s1. The van der Waals surface area contributed by atoms with Gasteiger partial charge in [-0.25, -0.2) is 13.8 Å². The van der Waals surface area contributed by atoms with Gasteiger partial charge in [0.05, 0.1) is 30.3 Å². The summed E-state index contributed by atoms with van der Waals surface area (Å²) in [6, 6.07) is 9.64. The lowest BCUT2D eigenvalue weighted by Gasteiger charge is -2.34. The quantitative estimate of drug-likeness (QED) is 0.520. The highest BCUT2D eigenvalue weighted by atomic mass is 19.3. The Morgan fingerprint density at radius 1 is 1.09 bits per heavy atom. The highest BCUT2D eigenvalue weighted by Gasteiger charge is 2.26. The minimum absolute atomic E-state index is 0.116. The second-order valence-electron chi connectivity index (χ2n) is 9.51. The number of nitrogens with one attached hydrogen (secondary N) is 2. The van der Waals surface area contributed by atoms with Gasteiger partial charge in [-0.1, -0.05) is 12.1 Å². The third-order valence-corrected chi connectivity index (χ3v) is 7.18. The number of anilines is 2. The number of benzene rings is 1. The lowest BCUT2D eigenvalue weighted by atomic mass is 9.86. The molecule has 8 nitrogen and oxygen atoms in total. The Hall–Kier alpha value is -2.85. The van der Waals surface area contributed by atoms with E-state index in [1.165, 1.54) is 4.57 Å². The highest BCUT2D eigenvalue weighted by molar-refractivity contribution is 5.78. The number of fused-ring (bicyclic) bond motifs is 1. The van der Waals surface area contributed by atoms with Crippen LogP contribution in [0.5, 0.6) is 0 Å². The fourth-order valence-corrected chi connectivity index (χ4v) is 5.15. The number of hydrogen-bond donors (Lipinski definition) is 2. The molecule has 2 aliphatic rings. The second kappa shape index (κ2) is 10.4. The van der Waals surface area contributed by atoms with Crippen molar-refractivity contribution in [3.05, 3.63) is 36.2 Å². The molecule has 1 aliphatic carbocycles. The molecule has 1 aliphatic heterocycles. The maximum absolute atomic E-state index is 14.0.